The maximum atomic E-state index is 8.91. The predicted molar refractivity (Wildman–Crippen MR) is 66.0 cm³/mol. The van der Waals surface area contributed by atoms with Crippen LogP contribution in [0.2, 0.25) is 0 Å². The highest BCUT2D eigenvalue weighted by Crippen LogP contribution is 2.11. The quantitative estimate of drug-likeness (QED) is 0.760. The van der Waals surface area contributed by atoms with Gasteiger partial charge in [-0.15, -0.1) is 0 Å². The summed E-state index contributed by atoms with van der Waals surface area (Å²) in [6.07, 6.45) is 3.91. The van der Waals surface area contributed by atoms with Crippen LogP contribution < -0.4 is 0 Å². The number of aromatic nitrogens is 1. The number of hydrogen-bond donors (Lipinski definition) is 1. The molecule has 2 aromatic rings. The van der Waals surface area contributed by atoms with Crippen molar-refractivity contribution >= 4 is 5.52 Å². The maximum absolute atomic E-state index is 8.91. The monoisotopic (exact) mass is 207 g/mol. The van der Waals surface area contributed by atoms with Crippen molar-refractivity contribution in [2.24, 2.45) is 0 Å². The lowest BCUT2D eigenvalue weighted by atomic mass is 10.3. The molecule has 0 radical (unpaired) electrons. The third-order valence-corrected chi connectivity index (χ3v) is 1.83. The van der Waals surface area contributed by atoms with E-state index in [0.29, 0.717) is 0 Å². The lowest BCUT2D eigenvalue weighted by Crippen LogP contribution is -1.82. The lowest BCUT2D eigenvalue weighted by molar-refractivity contribution is 0.283. The molecule has 0 saturated heterocycles. The van der Waals surface area contributed by atoms with E-state index in [-0.39, 0.29) is 6.61 Å². The first-order valence-corrected chi connectivity index (χ1v) is 5.57. The summed E-state index contributed by atoms with van der Waals surface area (Å²) in [4.78, 5) is 0. The van der Waals surface area contributed by atoms with E-state index < -0.39 is 0 Å². The van der Waals surface area contributed by atoms with Gasteiger partial charge in [-0.2, -0.15) is 0 Å². The third-order valence-electron chi connectivity index (χ3n) is 1.83. The minimum Gasteiger partial charge on any atom is -0.392 e. The molecule has 0 aliphatic carbocycles. The number of aliphatic hydroxyl groups excluding tert-OH is 1. The van der Waals surface area contributed by atoms with Gasteiger partial charge in [-0.3, -0.25) is 0 Å². The molecule has 0 spiro atoms. The predicted octanol–water partition coefficient (Wildman–Crippen LogP) is 3.48. The van der Waals surface area contributed by atoms with Gasteiger partial charge in [0.1, 0.15) is 0 Å². The van der Waals surface area contributed by atoms with E-state index in [1.54, 1.807) is 0 Å². The van der Waals surface area contributed by atoms with Crippen LogP contribution in [0.25, 0.3) is 5.52 Å². The first-order chi connectivity index (χ1) is 7.42. The number of aliphatic hydroxyl groups is 1. The van der Waals surface area contributed by atoms with Gasteiger partial charge in [0.25, 0.3) is 0 Å². The molecule has 0 amide bonds. The van der Waals surface area contributed by atoms with Gasteiger partial charge in [-0.05, 0) is 18.2 Å². The molecule has 84 valence electrons. The fraction of sp³-hybridized carbons (Fsp3) is 0.385. The molecule has 0 unspecified atom stereocenters. The van der Waals surface area contributed by atoms with E-state index in [0.717, 1.165) is 11.1 Å². The number of nitrogens with zero attached hydrogens (tertiary/aromatic N) is 1. The van der Waals surface area contributed by atoms with E-state index in [2.05, 4.69) is 0 Å². The van der Waals surface area contributed by atoms with Gasteiger partial charge < -0.3 is 9.51 Å². The minimum atomic E-state index is 0.112. The Morgan fingerprint density at radius 3 is 2.27 bits per heavy atom. The van der Waals surface area contributed by atoms with Crippen molar-refractivity contribution in [2.45, 2.75) is 34.3 Å². The van der Waals surface area contributed by atoms with Crippen LogP contribution in [0.1, 0.15) is 33.3 Å². The first kappa shape index (κ1) is 13.7. The molecule has 0 fully saturated rings. The zero-order valence-corrected chi connectivity index (χ0v) is 10.1. The van der Waals surface area contributed by atoms with Crippen LogP contribution in [0.5, 0.6) is 0 Å². The SMILES string of the molecule is CC.CC.OCc1ccn2ccccc12. The molecule has 0 aliphatic rings. The highest BCUT2D eigenvalue weighted by atomic mass is 16.3. The minimum absolute atomic E-state index is 0.112. The fourth-order valence-corrected chi connectivity index (χ4v) is 1.25. The van der Waals surface area contributed by atoms with E-state index in [1.807, 2.05) is 68.8 Å². The van der Waals surface area contributed by atoms with Gasteiger partial charge in [0, 0.05) is 18.0 Å². The van der Waals surface area contributed by atoms with Crippen LogP contribution >= 0.6 is 0 Å². The normalized spacial score (nSPS) is 8.60. The van der Waals surface area contributed by atoms with Gasteiger partial charge in [-0.25, -0.2) is 0 Å². The second kappa shape index (κ2) is 8.06. The zero-order valence-electron chi connectivity index (χ0n) is 10.1. The molecule has 2 heterocycles. The van der Waals surface area contributed by atoms with Crippen molar-refractivity contribution in [2.75, 3.05) is 0 Å². The summed E-state index contributed by atoms with van der Waals surface area (Å²) < 4.78 is 1.99. The Morgan fingerprint density at radius 1 is 1.00 bits per heavy atom. The van der Waals surface area contributed by atoms with Crippen molar-refractivity contribution in [1.82, 2.24) is 4.40 Å². The fourth-order valence-electron chi connectivity index (χ4n) is 1.25. The van der Waals surface area contributed by atoms with Gasteiger partial charge in [-0.1, -0.05) is 33.8 Å². The number of rotatable bonds is 1. The largest absolute Gasteiger partial charge is 0.392 e. The second-order valence-corrected chi connectivity index (χ2v) is 2.49. The van der Waals surface area contributed by atoms with Crippen LogP contribution in [0, 0.1) is 0 Å². The molecule has 0 aromatic carbocycles. The Morgan fingerprint density at radius 2 is 1.67 bits per heavy atom. The van der Waals surface area contributed by atoms with Crippen LogP contribution in [0.3, 0.4) is 0 Å². The molecule has 2 aromatic heterocycles. The average molecular weight is 207 g/mol. The Hall–Kier alpha value is -1.28. The zero-order chi connectivity index (χ0) is 11.7. The smallest absolute Gasteiger partial charge is 0.0702 e. The van der Waals surface area contributed by atoms with Gasteiger partial charge in [0.15, 0.2) is 0 Å². The molecule has 2 rings (SSSR count). The summed E-state index contributed by atoms with van der Waals surface area (Å²) in [7, 11) is 0. The number of fused-ring (bicyclic) bond motifs is 1. The summed E-state index contributed by atoms with van der Waals surface area (Å²) >= 11 is 0. The molecule has 0 saturated carbocycles. The number of hydrogen-bond acceptors (Lipinski definition) is 1. The van der Waals surface area contributed by atoms with Crippen molar-refractivity contribution in [3.63, 3.8) is 0 Å². The molecule has 15 heavy (non-hydrogen) atoms. The highest BCUT2D eigenvalue weighted by molar-refractivity contribution is 5.54. The second-order valence-electron chi connectivity index (χ2n) is 2.49. The Balaban J connectivity index is 0.000000442. The summed E-state index contributed by atoms with van der Waals surface area (Å²) in [5.74, 6) is 0. The molecule has 0 atom stereocenters. The Bertz CT molecular complexity index is 365. The molecule has 2 nitrogen and oxygen atoms in total. The van der Waals surface area contributed by atoms with Crippen LogP contribution in [0.15, 0.2) is 36.7 Å². The maximum Gasteiger partial charge on any atom is 0.0702 e. The van der Waals surface area contributed by atoms with Crippen molar-refractivity contribution in [1.29, 1.82) is 0 Å². The highest BCUT2D eigenvalue weighted by Gasteiger charge is 1.97. The molecule has 0 aliphatic heterocycles. The average Bonchev–Trinajstić information content (AvgIpc) is 2.77. The van der Waals surface area contributed by atoms with Gasteiger partial charge >= 0.3 is 0 Å². The van der Waals surface area contributed by atoms with Crippen LogP contribution in [0.4, 0.5) is 0 Å². The van der Waals surface area contributed by atoms with E-state index in [1.165, 1.54) is 0 Å². The molecular formula is C13H21NO. The molecule has 1 N–H and O–H groups in total. The first-order valence-electron chi connectivity index (χ1n) is 5.57. The Labute approximate surface area is 92.2 Å². The molecular weight excluding hydrogens is 186 g/mol. The summed E-state index contributed by atoms with van der Waals surface area (Å²) in [5.41, 5.74) is 2.06. The summed E-state index contributed by atoms with van der Waals surface area (Å²) in [6, 6.07) is 7.85. The summed E-state index contributed by atoms with van der Waals surface area (Å²) in [6.45, 7) is 8.11. The van der Waals surface area contributed by atoms with Crippen molar-refractivity contribution in [3.05, 3.63) is 42.2 Å². The Kier molecular flexibility index (Phi) is 7.38. The lowest BCUT2D eigenvalue weighted by Gasteiger charge is -1.94. The standard InChI is InChI=1S/C9H9NO.2C2H6/c11-7-8-4-6-10-5-2-1-3-9(8)10;2*1-2/h1-6,11H,7H2;2*1-2H3. The van der Waals surface area contributed by atoms with E-state index >= 15 is 0 Å². The number of pyridine rings is 1. The van der Waals surface area contributed by atoms with Crippen molar-refractivity contribution < 1.29 is 5.11 Å². The van der Waals surface area contributed by atoms with Crippen LogP contribution in [-0.2, 0) is 6.61 Å². The van der Waals surface area contributed by atoms with E-state index in [4.69, 9.17) is 5.11 Å². The topological polar surface area (TPSA) is 24.6 Å². The molecule has 0 bridgehead atoms. The van der Waals surface area contributed by atoms with Gasteiger partial charge in [0.2, 0.25) is 0 Å². The molecule has 2 heteroatoms. The van der Waals surface area contributed by atoms with Crippen LogP contribution in [-0.4, -0.2) is 9.51 Å². The van der Waals surface area contributed by atoms with Gasteiger partial charge in [0.05, 0.1) is 12.1 Å². The summed E-state index contributed by atoms with van der Waals surface area (Å²) in [5, 5.41) is 8.91. The van der Waals surface area contributed by atoms with Crippen molar-refractivity contribution in [3.8, 4) is 0 Å². The third kappa shape index (κ3) is 3.40. The van der Waals surface area contributed by atoms with E-state index in [9.17, 15) is 0 Å².